The Morgan fingerprint density at radius 3 is 2.50 bits per heavy atom. The van der Waals surface area contributed by atoms with Crippen molar-refractivity contribution < 1.29 is 23.8 Å². The van der Waals surface area contributed by atoms with Gasteiger partial charge in [0.1, 0.15) is 18.1 Å². The van der Waals surface area contributed by atoms with Gasteiger partial charge in [-0.2, -0.15) is 0 Å². The summed E-state index contributed by atoms with van der Waals surface area (Å²) in [5.41, 5.74) is 0. The number of hydrogen-bond acceptors (Lipinski definition) is 3. The van der Waals surface area contributed by atoms with Gasteiger partial charge in [0.15, 0.2) is 0 Å². The Labute approximate surface area is 129 Å². The number of hydrogen-bond donors (Lipinski definition) is 1. The van der Waals surface area contributed by atoms with Crippen LogP contribution < -0.4 is 4.74 Å². The Morgan fingerprint density at radius 2 is 1.95 bits per heavy atom. The van der Waals surface area contributed by atoms with Crippen LogP contribution in [0.5, 0.6) is 5.75 Å². The van der Waals surface area contributed by atoms with Gasteiger partial charge in [-0.1, -0.05) is 6.92 Å². The van der Waals surface area contributed by atoms with E-state index < -0.39 is 5.97 Å². The zero-order valence-corrected chi connectivity index (χ0v) is 12.9. The summed E-state index contributed by atoms with van der Waals surface area (Å²) in [6.45, 7) is 3.77. The second-order valence-electron chi connectivity index (χ2n) is 5.08. The summed E-state index contributed by atoms with van der Waals surface area (Å²) in [6, 6.07) is 5.54. The molecule has 0 heterocycles. The van der Waals surface area contributed by atoms with E-state index >= 15 is 0 Å². The molecule has 1 unspecified atom stereocenters. The summed E-state index contributed by atoms with van der Waals surface area (Å²) < 4.78 is 18.1. The fraction of sp³-hybridized carbons (Fsp3) is 0.500. The number of rotatable bonds is 9. The van der Waals surface area contributed by atoms with Gasteiger partial charge >= 0.3 is 5.97 Å². The van der Waals surface area contributed by atoms with Crippen molar-refractivity contribution in [2.24, 2.45) is 0 Å². The summed E-state index contributed by atoms with van der Waals surface area (Å²) in [5.74, 6) is -1.01. The summed E-state index contributed by atoms with van der Waals surface area (Å²) in [4.78, 5) is 24.3. The van der Waals surface area contributed by atoms with Gasteiger partial charge in [-0.05, 0) is 44.0 Å². The molecule has 0 fully saturated rings. The molecule has 1 N–H and O–H groups in total. The fourth-order valence-corrected chi connectivity index (χ4v) is 1.94. The highest BCUT2D eigenvalue weighted by atomic mass is 19.1. The molecule has 1 rings (SSSR count). The van der Waals surface area contributed by atoms with Crippen LogP contribution in [-0.4, -0.2) is 41.1 Å². The minimum atomic E-state index is -1.02. The molecule has 22 heavy (non-hydrogen) atoms. The smallest absolute Gasteiger partial charge is 0.323 e. The predicted octanol–water partition coefficient (Wildman–Crippen LogP) is 2.70. The van der Waals surface area contributed by atoms with Gasteiger partial charge in [-0.25, -0.2) is 4.39 Å². The van der Waals surface area contributed by atoms with Crippen LogP contribution in [0.2, 0.25) is 0 Å². The Hall–Kier alpha value is -2.11. The highest BCUT2D eigenvalue weighted by Gasteiger charge is 2.20. The molecule has 122 valence electrons. The van der Waals surface area contributed by atoms with Gasteiger partial charge in [-0.15, -0.1) is 0 Å². The number of carbonyl (C=O) groups is 2. The maximum absolute atomic E-state index is 12.7. The number of nitrogens with zero attached hydrogens (tertiary/aromatic N) is 1. The Kier molecular flexibility index (Phi) is 7.36. The first kappa shape index (κ1) is 17.9. The molecule has 0 aliphatic carbocycles. The molecule has 1 aromatic carbocycles. The van der Waals surface area contributed by atoms with Crippen molar-refractivity contribution >= 4 is 11.9 Å². The van der Waals surface area contributed by atoms with E-state index in [4.69, 9.17) is 9.84 Å². The van der Waals surface area contributed by atoms with Crippen molar-refractivity contribution in [3.63, 3.8) is 0 Å². The van der Waals surface area contributed by atoms with Crippen molar-refractivity contribution in [3.05, 3.63) is 30.1 Å². The molecule has 1 amide bonds. The minimum absolute atomic E-state index is 0.110. The molecule has 0 spiro atoms. The highest BCUT2D eigenvalue weighted by Crippen LogP contribution is 2.12. The monoisotopic (exact) mass is 311 g/mol. The number of benzene rings is 1. The van der Waals surface area contributed by atoms with Crippen molar-refractivity contribution in [1.29, 1.82) is 0 Å². The summed E-state index contributed by atoms with van der Waals surface area (Å²) in [7, 11) is 0. The molecule has 0 aromatic heterocycles. The molecule has 0 bridgehead atoms. The molecule has 6 heteroatoms. The standard InChI is InChI=1S/C16H22FNO4/c1-3-12(2)18(11-16(20)21)15(19)5-4-10-22-14-8-6-13(17)7-9-14/h6-9,12H,3-5,10-11H2,1-2H3,(H,20,21). The molecule has 0 saturated heterocycles. The number of halogens is 1. The third kappa shape index (κ3) is 6.11. The number of carbonyl (C=O) groups excluding carboxylic acids is 1. The fourth-order valence-electron chi connectivity index (χ4n) is 1.94. The van der Waals surface area contributed by atoms with Gasteiger partial charge in [0, 0.05) is 12.5 Å². The summed E-state index contributed by atoms with van der Waals surface area (Å²) in [6.07, 6.45) is 1.40. The number of carboxylic acid groups (broad SMARTS) is 1. The van der Waals surface area contributed by atoms with E-state index in [1.165, 1.54) is 29.2 Å². The molecule has 1 atom stereocenters. The highest BCUT2D eigenvalue weighted by molar-refractivity contribution is 5.81. The second-order valence-corrected chi connectivity index (χ2v) is 5.08. The number of aliphatic carboxylic acids is 1. The summed E-state index contributed by atoms with van der Waals surface area (Å²) in [5, 5.41) is 8.87. The SMILES string of the molecule is CCC(C)N(CC(=O)O)C(=O)CCCOc1ccc(F)cc1. The summed E-state index contributed by atoms with van der Waals surface area (Å²) >= 11 is 0. The third-order valence-corrected chi connectivity index (χ3v) is 3.37. The average molecular weight is 311 g/mol. The first-order valence-corrected chi connectivity index (χ1v) is 7.33. The van der Waals surface area contributed by atoms with Gasteiger partial charge in [0.2, 0.25) is 5.91 Å². The normalized spacial score (nSPS) is 11.8. The van der Waals surface area contributed by atoms with Gasteiger partial charge < -0.3 is 14.7 Å². The Bertz CT molecular complexity index is 489. The molecule has 0 saturated carbocycles. The Balaban J connectivity index is 2.39. The van der Waals surface area contributed by atoms with Crippen LogP contribution >= 0.6 is 0 Å². The van der Waals surface area contributed by atoms with Gasteiger partial charge in [0.05, 0.1) is 6.61 Å². The van der Waals surface area contributed by atoms with Crippen molar-refractivity contribution in [2.45, 2.75) is 39.2 Å². The van der Waals surface area contributed by atoms with Crippen molar-refractivity contribution in [1.82, 2.24) is 4.90 Å². The van der Waals surface area contributed by atoms with Gasteiger partial charge in [-0.3, -0.25) is 9.59 Å². The molecule has 5 nitrogen and oxygen atoms in total. The second kappa shape index (κ2) is 9.02. The van der Waals surface area contributed by atoms with Crippen molar-refractivity contribution in [2.75, 3.05) is 13.2 Å². The van der Waals surface area contributed by atoms with E-state index in [1.807, 2.05) is 13.8 Å². The molecular formula is C16H22FNO4. The first-order chi connectivity index (χ1) is 10.4. The number of amides is 1. The van der Waals surface area contributed by atoms with Crippen LogP contribution in [0, 0.1) is 5.82 Å². The van der Waals surface area contributed by atoms with Crippen LogP contribution in [-0.2, 0) is 9.59 Å². The van der Waals surface area contributed by atoms with Crippen LogP contribution in [0.1, 0.15) is 33.1 Å². The van der Waals surface area contributed by atoms with Crippen LogP contribution in [0.4, 0.5) is 4.39 Å². The molecule has 0 radical (unpaired) electrons. The van der Waals surface area contributed by atoms with Crippen LogP contribution in [0.25, 0.3) is 0 Å². The average Bonchev–Trinajstić information content (AvgIpc) is 2.49. The lowest BCUT2D eigenvalue weighted by Gasteiger charge is -2.27. The molecular weight excluding hydrogens is 289 g/mol. The maximum atomic E-state index is 12.7. The molecule has 1 aromatic rings. The lowest BCUT2D eigenvalue weighted by atomic mass is 10.2. The quantitative estimate of drug-likeness (QED) is 0.712. The zero-order chi connectivity index (χ0) is 16.5. The lowest BCUT2D eigenvalue weighted by molar-refractivity contribution is -0.146. The largest absolute Gasteiger partial charge is 0.494 e. The molecule has 0 aliphatic rings. The van der Waals surface area contributed by atoms with E-state index in [-0.39, 0.29) is 30.7 Å². The van der Waals surface area contributed by atoms with E-state index in [0.717, 1.165) is 0 Å². The minimum Gasteiger partial charge on any atom is -0.494 e. The van der Waals surface area contributed by atoms with Crippen molar-refractivity contribution in [3.8, 4) is 5.75 Å². The van der Waals surface area contributed by atoms with Crippen LogP contribution in [0.3, 0.4) is 0 Å². The molecule has 0 aliphatic heterocycles. The predicted molar refractivity (Wildman–Crippen MR) is 80.2 cm³/mol. The van der Waals surface area contributed by atoms with E-state index in [2.05, 4.69) is 0 Å². The number of ether oxygens (including phenoxy) is 1. The topological polar surface area (TPSA) is 66.8 Å². The van der Waals surface area contributed by atoms with E-state index in [0.29, 0.717) is 25.2 Å². The van der Waals surface area contributed by atoms with E-state index in [9.17, 15) is 14.0 Å². The Morgan fingerprint density at radius 1 is 1.32 bits per heavy atom. The third-order valence-electron chi connectivity index (χ3n) is 3.37. The first-order valence-electron chi connectivity index (χ1n) is 7.33. The zero-order valence-electron chi connectivity index (χ0n) is 12.9. The van der Waals surface area contributed by atoms with Gasteiger partial charge in [0.25, 0.3) is 0 Å². The van der Waals surface area contributed by atoms with Crippen LogP contribution in [0.15, 0.2) is 24.3 Å². The lowest BCUT2D eigenvalue weighted by Crippen LogP contribution is -2.41. The number of carboxylic acids is 1. The van der Waals surface area contributed by atoms with E-state index in [1.54, 1.807) is 0 Å². The maximum Gasteiger partial charge on any atom is 0.323 e.